The third-order valence-electron chi connectivity index (χ3n) is 3.67. The zero-order valence-corrected chi connectivity index (χ0v) is 14.6. The van der Waals surface area contributed by atoms with Crippen LogP contribution >= 0.6 is 11.8 Å². The minimum absolute atomic E-state index is 0.0467. The van der Waals surface area contributed by atoms with Crippen LogP contribution in [0, 0.1) is 10.1 Å². The minimum atomic E-state index is -0.470. The van der Waals surface area contributed by atoms with Gasteiger partial charge in [0.25, 0.3) is 5.69 Å². The first-order valence-corrected chi connectivity index (χ1v) is 8.79. The molecule has 130 valence electrons. The number of nitro groups is 1. The summed E-state index contributed by atoms with van der Waals surface area (Å²) in [4.78, 5) is 25.0. The molecule has 0 unspecified atom stereocenters. The average Bonchev–Trinajstić information content (AvgIpc) is 2.64. The Balaban J connectivity index is 1.75. The zero-order valence-electron chi connectivity index (χ0n) is 13.8. The normalized spacial score (nSPS) is 10.3. The second-order valence-electron chi connectivity index (χ2n) is 5.52. The highest BCUT2D eigenvalue weighted by molar-refractivity contribution is 7.99. The molecule has 1 amide bonds. The van der Waals surface area contributed by atoms with Gasteiger partial charge in [-0.15, -0.1) is 0 Å². The maximum Gasteiger partial charge on any atom is 0.273 e. The van der Waals surface area contributed by atoms with Crippen LogP contribution in [0.3, 0.4) is 0 Å². The molecule has 0 fully saturated rings. The number of nitrogens with zero attached hydrogens (tertiary/aromatic N) is 1. The Morgan fingerprint density at radius 3 is 2.35 bits per heavy atom. The topological polar surface area (TPSA) is 72.2 Å². The van der Waals surface area contributed by atoms with E-state index in [0.29, 0.717) is 11.3 Å². The second-order valence-corrected chi connectivity index (χ2v) is 6.64. The van der Waals surface area contributed by atoms with E-state index in [-0.39, 0.29) is 18.0 Å². The van der Waals surface area contributed by atoms with Crippen molar-refractivity contribution < 1.29 is 9.72 Å². The van der Waals surface area contributed by atoms with E-state index in [1.54, 1.807) is 30.0 Å². The van der Waals surface area contributed by atoms with Crippen molar-refractivity contribution in [1.29, 1.82) is 0 Å². The summed E-state index contributed by atoms with van der Waals surface area (Å²) in [6, 6.07) is 23.6. The molecule has 6 heteroatoms. The summed E-state index contributed by atoms with van der Waals surface area (Å²) in [7, 11) is 0. The molecule has 0 heterocycles. The van der Waals surface area contributed by atoms with Crippen molar-refractivity contribution in [1.82, 2.24) is 0 Å². The van der Waals surface area contributed by atoms with E-state index in [2.05, 4.69) is 5.32 Å². The maximum atomic E-state index is 12.4. The lowest BCUT2D eigenvalue weighted by Gasteiger charge is -2.11. The number of para-hydroxylation sites is 2. The van der Waals surface area contributed by atoms with Gasteiger partial charge in [-0.3, -0.25) is 14.9 Å². The van der Waals surface area contributed by atoms with Crippen molar-refractivity contribution in [2.45, 2.75) is 16.2 Å². The van der Waals surface area contributed by atoms with Gasteiger partial charge in [-0.1, -0.05) is 60.3 Å². The molecule has 26 heavy (non-hydrogen) atoms. The highest BCUT2D eigenvalue weighted by atomic mass is 32.2. The van der Waals surface area contributed by atoms with Gasteiger partial charge < -0.3 is 5.32 Å². The van der Waals surface area contributed by atoms with Crippen molar-refractivity contribution >= 4 is 29.0 Å². The fraction of sp³-hybridized carbons (Fsp3) is 0.0500. The number of hydrogen-bond donors (Lipinski definition) is 1. The van der Waals surface area contributed by atoms with Gasteiger partial charge in [0.05, 0.1) is 17.0 Å². The van der Waals surface area contributed by atoms with E-state index in [0.717, 1.165) is 9.79 Å². The number of nitrogens with one attached hydrogen (secondary N) is 1. The van der Waals surface area contributed by atoms with Crippen LogP contribution in [0.25, 0.3) is 0 Å². The Morgan fingerprint density at radius 2 is 1.58 bits per heavy atom. The summed E-state index contributed by atoms with van der Waals surface area (Å²) in [5.74, 6) is -0.291. The van der Waals surface area contributed by atoms with E-state index in [4.69, 9.17) is 0 Å². The number of anilines is 1. The molecule has 0 aliphatic heterocycles. The molecule has 5 nitrogen and oxygen atoms in total. The molecule has 0 atom stereocenters. The number of amides is 1. The number of rotatable bonds is 6. The first-order chi connectivity index (χ1) is 12.6. The predicted octanol–water partition coefficient (Wildman–Crippen LogP) is 4.93. The monoisotopic (exact) mass is 364 g/mol. The third kappa shape index (κ3) is 4.49. The van der Waals surface area contributed by atoms with Crippen LogP contribution in [0.2, 0.25) is 0 Å². The van der Waals surface area contributed by atoms with Crippen LogP contribution < -0.4 is 5.32 Å². The SMILES string of the molecule is O=C(Cc1ccccc1[N+](=O)[O-])Nc1ccccc1Sc1ccccc1. The summed E-state index contributed by atoms with van der Waals surface area (Å²) >= 11 is 1.55. The summed E-state index contributed by atoms with van der Waals surface area (Å²) in [5.41, 5.74) is 1.03. The van der Waals surface area contributed by atoms with Crippen molar-refractivity contribution in [2.24, 2.45) is 0 Å². The van der Waals surface area contributed by atoms with Crippen LogP contribution in [0.15, 0.2) is 88.7 Å². The molecule has 0 saturated heterocycles. The molecule has 0 aliphatic carbocycles. The van der Waals surface area contributed by atoms with Crippen LogP contribution in [-0.2, 0) is 11.2 Å². The number of carbonyl (C=O) groups is 1. The number of hydrogen-bond acceptors (Lipinski definition) is 4. The van der Waals surface area contributed by atoms with Gasteiger partial charge in [-0.25, -0.2) is 0 Å². The first-order valence-electron chi connectivity index (χ1n) is 7.97. The fourth-order valence-electron chi connectivity index (χ4n) is 2.48. The lowest BCUT2D eigenvalue weighted by Crippen LogP contribution is -2.15. The standard InChI is InChI=1S/C20H16N2O3S/c23-20(14-15-8-4-6-12-18(15)22(24)25)21-17-11-5-7-13-19(17)26-16-9-2-1-3-10-16/h1-13H,14H2,(H,21,23). The number of carbonyl (C=O) groups excluding carboxylic acids is 1. The lowest BCUT2D eigenvalue weighted by molar-refractivity contribution is -0.385. The molecule has 0 bridgehead atoms. The molecular formula is C20H16N2O3S. The highest BCUT2D eigenvalue weighted by Gasteiger charge is 2.16. The smallest absolute Gasteiger partial charge is 0.273 e. The van der Waals surface area contributed by atoms with Gasteiger partial charge in [-0.2, -0.15) is 0 Å². The van der Waals surface area contributed by atoms with E-state index < -0.39 is 4.92 Å². The van der Waals surface area contributed by atoms with Crippen LogP contribution in [0.5, 0.6) is 0 Å². The Labute approximate surface area is 155 Å². The Bertz CT molecular complexity index is 929. The summed E-state index contributed by atoms with van der Waals surface area (Å²) < 4.78 is 0. The molecular weight excluding hydrogens is 348 g/mol. The van der Waals surface area contributed by atoms with Gasteiger partial charge in [-0.05, 0) is 24.3 Å². The summed E-state index contributed by atoms with van der Waals surface area (Å²) in [6.07, 6.45) is -0.0541. The second kappa shape index (κ2) is 8.31. The van der Waals surface area contributed by atoms with Crippen molar-refractivity contribution in [3.05, 3.63) is 94.5 Å². The van der Waals surface area contributed by atoms with Crippen molar-refractivity contribution in [3.63, 3.8) is 0 Å². The van der Waals surface area contributed by atoms with Gasteiger partial charge in [0, 0.05) is 21.4 Å². The van der Waals surface area contributed by atoms with Gasteiger partial charge >= 0.3 is 0 Å². The molecule has 0 spiro atoms. The summed E-state index contributed by atoms with van der Waals surface area (Å²) in [5, 5.41) is 14.0. The highest BCUT2D eigenvalue weighted by Crippen LogP contribution is 2.33. The number of nitro benzene ring substituents is 1. The third-order valence-corrected chi connectivity index (χ3v) is 4.76. The molecule has 0 aliphatic rings. The van der Waals surface area contributed by atoms with Crippen molar-refractivity contribution in [3.8, 4) is 0 Å². The van der Waals surface area contributed by atoms with Gasteiger partial charge in [0.1, 0.15) is 0 Å². The van der Waals surface area contributed by atoms with Crippen LogP contribution in [0.1, 0.15) is 5.56 Å². The molecule has 3 rings (SSSR count). The minimum Gasteiger partial charge on any atom is -0.325 e. The van der Waals surface area contributed by atoms with Crippen molar-refractivity contribution in [2.75, 3.05) is 5.32 Å². The summed E-state index contributed by atoms with van der Waals surface area (Å²) in [6.45, 7) is 0. The molecule has 1 N–H and O–H groups in total. The molecule has 0 aromatic heterocycles. The van der Waals surface area contributed by atoms with E-state index in [1.165, 1.54) is 6.07 Å². The van der Waals surface area contributed by atoms with Crippen LogP contribution in [-0.4, -0.2) is 10.8 Å². The lowest BCUT2D eigenvalue weighted by atomic mass is 10.1. The fourth-order valence-corrected chi connectivity index (χ4v) is 3.40. The van der Waals surface area contributed by atoms with E-state index >= 15 is 0 Å². The van der Waals surface area contributed by atoms with E-state index in [1.807, 2.05) is 54.6 Å². The molecule has 3 aromatic rings. The maximum absolute atomic E-state index is 12.4. The average molecular weight is 364 g/mol. The van der Waals surface area contributed by atoms with Crippen LogP contribution in [0.4, 0.5) is 11.4 Å². The Hall–Kier alpha value is -3.12. The molecule has 3 aromatic carbocycles. The predicted molar refractivity (Wildman–Crippen MR) is 102 cm³/mol. The zero-order chi connectivity index (χ0) is 18.4. The largest absolute Gasteiger partial charge is 0.325 e. The Morgan fingerprint density at radius 1 is 0.923 bits per heavy atom. The van der Waals surface area contributed by atoms with Gasteiger partial charge in [0.15, 0.2) is 0 Å². The Kier molecular flexibility index (Phi) is 5.66. The molecule has 0 radical (unpaired) electrons. The molecule has 0 saturated carbocycles. The first kappa shape index (κ1) is 17.7. The number of benzene rings is 3. The van der Waals surface area contributed by atoms with Gasteiger partial charge in [0.2, 0.25) is 5.91 Å². The van der Waals surface area contributed by atoms with E-state index in [9.17, 15) is 14.9 Å². The quantitative estimate of drug-likeness (QED) is 0.497.